The molecule has 2 aromatic carbocycles. The van der Waals surface area contributed by atoms with Gasteiger partial charge in [-0.15, -0.1) is 0 Å². The molecular formula is C25H28ClN3O3. The van der Waals surface area contributed by atoms with Gasteiger partial charge < -0.3 is 20.3 Å². The van der Waals surface area contributed by atoms with Crippen LogP contribution < -0.4 is 15.4 Å². The number of carbonyl (C=O) groups excluding carboxylic acids is 2. The summed E-state index contributed by atoms with van der Waals surface area (Å²) in [6.07, 6.45) is 6.34. The number of carbonyl (C=O) groups is 2. The molecule has 0 saturated carbocycles. The number of rotatable bonds is 6. The van der Waals surface area contributed by atoms with Crippen molar-refractivity contribution in [2.24, 2.45) is 0 Å². The fourth-order valence-electron chi connectivity index (χ4n) is 4.11. The van der Waals surface area contributed by atoms with Crippen LogP contribution in [0.5, 0.6) is 5.75 Å². The van der Waals surface area contributed by atoms with Gasteiger partial charge in [0.1, 0.15) is 0 Å². The lowest BCUT2D eigenvalue weighted by Crippen LogP contribution is -2.39. The van der Waals surface area contributed by atoms with Crippen LogP contribution in [-0.2, 0) is 4.79 Å². The van der Waals surface area contributed by atoms with Gasteiger partial charge in [-0.3, -0.25) is 9.59 Å². The Kier molecular flexibility index (Phi) is 7.12. The van der Waals surface area contributed by atoms with Gasteiger partial charge in [-0.25, -0.2) is 0 Å². The largest absolute Gasteiger partial charge is 0.449 e. The average molecular weight is 454 g/mol. The van der Waals surface area contributed by atoms with E-state index in [-0.39, 0.29) is 17.6 Å². The van der Waals surface area contributed by atoms with E-state index in [1.165, 1.54) is 19.3 Å². The smallest absolute Gasteiger partial charge is 0.291 e. The Morgan fingerprint density at radius 2 is 2.12 bits per heavy atom. The van der Waals surface area contributed by atoms with Crippen LogP contribution in [0.25, 0.3) is 6.08 Å². The van der Waals surface area contributed by atoms with Crippen molar-refractivity contribution in [2.75, 3.05) is 25.0 Å². The predicted molar refractivity (Wildman–Crippen MR) is 127 cm³/mol. The zero-order chi connectivity index (χ0) is 22.5. The van der Waals surface area contributed by atoms with E-state index < -0.39 is 0 Å². The highest BCUT2D eigenvalue weighted by Crippen LogP contribution is 2.33. The number of halogens is 1. The first-order chi connectivity index (χ1) is 15.5. The Morgan fingerprint density at radius 1 is 1.28 bits per heavy atom. The zero-order valence-corrected chi connectivity index (χ0v) is 19.0. The Hall–Kier alpha value is -2.83. The number of benzene rings is 2. The van der Waals surface area contributed by atoms with E-state index in [1.54, 1.807) is 36.4 Å². The molecule has 32 heavy (non-hydrogen) atoms. The van der Waals surface area contributed by atoms with Gasteiger partial charge in [-0.2, -0.15) is 0 Å². The van der Waals surface area contributed by atoms with E-state index in [2.05, 4.69) is 22.5 Å². The first-order valence-corrected chi connectivity index (χ1v) is 11.5. The lowest BCUT2D eigenvalue weighted by atomic mass is 10.0. The van der Waals surface area contributed by atoms with Crippen molar-refractivity contribution >= 4 is 35.2 Å². The molecule has 0 spiro atoms. The maximum Gasteiger partial charge on any atom is 0.291 e. The SMILES string of the molecule is C[C@@H]1CCCCN1CCCNC(=O)c1ccc2c(c1)NC(=O)/C(=C/c1ccccc1Cl)O2. The normalized spacial score (nSPS) is 19.8. The predicted octanol–water partition coefficient (Wildman–Crippen LogP) is 4.71. The van der Waals surface area contributed by atoms with E-state index in [9.17, 15) is 9.59 Å². The molecule has 0 unspecified atom stereocenters. The molecule has 2 aromatic rings. The third kappa shape index (κ3) is 5.31. The Bertz CT molecular complexity index is 1040. The quantitative estimate of drug-likeness (QED) is 0.491. The van der Waals surface area contributed by atoms with Crippen LogP contribution >= 0.6 is 11.6 Å². The van der Waals surface area contributed by atoms with Crippen molar-refractivity contribution in [3.05, 3.63) is 64.4 Å². The van der Waals surface area contributed by atoms with Crippen LogP contribution in [0.15, 0.2) is 48.2 Å². The molecular weight excluding hydrogens is 426 g/mol. The van der Waals surface area contributed by atoms with Gasteiger partial charge in [0.2, 0.25) is 0 Å². The highest BCUT2D eigenvalue weighted by atomic mass is 35.5. The van der Waals surface area contributed by atoms with Crippen molar-refractivity contribution in [1.82, 2.24) is 10.2 Å². The van der Waals surface area contributed by atoms with Crippen LogP contribution in [0.4, 0.5) is 5.69 Å². The number of amides is 2. The number of likely N-dealkylation sites (tertiary alicyclic amines) is 1. The van der Waals surface area contributed by atoms with Gasteiger partial charge in [-0.1, -0.05) is 36.2 Å². The molecule has 0 bridgehead atoms. The number of ether oxygens (including phenoxy) is 1. The summed E-state index contributed by atoms with van der Waals surface area (Å²) in [4.78, 5) is 27.6. The first kappa shape index (κ1) is 22.4. The maximum absolute atomic E-state index is 12.6. The summed E-state index contributed by atoms with van der Waals surface area (Å²) in [6, 6.07) is 12.9. The van der Waals surface area contributed by atoms with Crippen molar-refractivity contribution in [2.45, 2.75) is 38.6 Å². The Balaban J connectivity index is 1.35. The molecule has 1 saturated heterocycles. The molecule has 2 amide bonds. The molecule has 2 aliphatic heterocycles. The summed E-state index contributed by atoms with van der Waals surface area (Å²) in [5.74, 6) is 0.0880. The van der Waals surface area contributed by atoms with Crippen LogP contribution in [0, 0.1) is 0 Å². The zero-order valence-electron chi connectivity index (χ0n) is 18.2. The second-order valence-electron chi connectivity index (χ2n) is 8.29. The topological polar surface area (TPSA) is 70.7 Å². The third-order valence-electron chi connectivity index (χ3n) is 5.97. The number of piperidine rings is 1. The van der Waals surface area contributed by atoms with Gasteiger partial charge in [0.05, 0.1) is 5.69 Å². The Labute approximate surface area is 193 Å². The first-order valence-electron chi connectivity index (χ1n) is 11.1. The van der Waals surface area contributed by atoms with E-state index in [1.807, 2.05) is 12.1 Å². The number of nitrogens with zero attached hydrogens (tertiary/aromatic N) is 1. The number of hydrogen-bond acceptors (Lipinski definition) is 4. The fourth-order valence-corrected chi connectivity index (χ4v) is 4.30. The number of hydrogen-bond donors (Lipinski definition) is 2. The number of fused-ring (bicyclic) bond motifs is 1. The molecule has 2 N–H and O–H groups in total. The third-order valence-corrected chi connectivity index (χ3v) is 6.32. The van der Waals surface area contributed by atoms with Gasteiger partial charge >= 0.3 is 0 Å². The lowest BCUT2D eigenvalue weighted by molar-refractivity contribution is -0.115. The van der Waals surface area contributed by atoms with Crippen molar-refractivity contribution in [3.63, 3.8) is 0 Å². The lowest BCUT2D eigenvalue weighted by Gasteiger charge is -2.33. The van der Waals surface area contributed by atoms with Gasteiger partial charge in [0.15, 0.2) is 11.5 Å². The maximum atomic E-state index is 12.6. The van der Waals surface area contributed by atoms with Gasteiger partial charge in [0.25, 0.3) is 11.8 Å². The molecule has 7 heteroatoms. The van der Waals surface area contributed by atoms with Crippen molar-refractivity contribution in [3.8, 4) is 5.75 Å². The molecule has 0 aromatic heterocycles. The highest BCUT2D eigenvalue weighted by molar-refractivity contribution is 6.32. The highest BCUT2D eigenvalue weighted by Gasteiger charge is 2.23. The second kappa shape index (κ2) is 10.2. The van der Waals surface area contributed by atoms with Crippen molar-refractivity contribution in [1.29, 1.82) is 0 Å². The summed E-state index contributed by atoms with van der Waals surface area (Å²) in [6.45, 7) is 5.03. The summed E-state index contributed by atoms with van der Waals surface area (Å²) < 4.78 is 5.77. The molecule has 2 heterocycles. The average Bonchev–Trinajstić information content (AvgIpc) is 2.79. The minimum absolute atomic E-state index is 0.148. The van der Waals surface area contributed by atoms with Crippen molar-refractivity contribution < 1.29 is 14.3 Å². The van der Waals surface area contributed by atoms with Crippen LogP contribution in [0.2, 0.25) is 5.02 Å². The van der Waals surface area contributed by atoms with Crippen LogP contribution in [0.1, 0.15) is 48.5 Å². The summed E-state index contributed by atoms with van der Waals surface area (Å²) in [5.41, 5.74) is 1.65. The minimum atomic E-state index is -0.384. The number of nitrogens with one attached hydrogen (secondary N) is 2. The molecule has 1 fully saturated rings. The molecule has 4 rings (SSSR count). The Morgan fingerprint density at radius 3 is 2.94 bits per heavy atom. The summed E-state index contributed by atoms with van der Waals surface area (Å²) in [5, 5.41) is 6.30. The van der Waals surface area contributed by atoms with E-state index in [0.717, 1.165) is 19.5 Å². The summed E-state index contributed by atoms with van der Waals surface area (Å²) in [7, 11) is 0. The molecule has 168 valence electrons. The molecule has 0 aliphatic carbocycles. The monoisotopic (exact) mass is 453 g/mol. The molecule has 1 atom stereocenters. The van der Waals surface area contributed by atoms with E-state index in [0.29, 0.717) is 40.2 Å². The standard InChI is InChI=1S/C25H28ClN3O3/c1-17-7-4-5-13-29(17)14-6-12-27-24(30)19-10-11-22-21(15-19)28-25(31)23(32-22)16-18-8-2-3-9-20(18)26/h2-3,8-11,15-17H,4-7,12-14H2,1H3,(H,27,30)(H,28,31)/b23-16-/t17-/m1/s1. The van der Waals surface area contributed by atoms with Crippen LogP contribution in [-0.4, -0.2) is 42.4 Å². The molecule has 2 aliphatic rings. The molecule has 0 radical (unpaired) electrons. The van der Waals surface area contributed by atoms with E-state index >= 15 is 0 Å². The second-order valence-corrected chi connectivity index (χ2v) is 8.69. The summed E-state index contributed by atoms with van der Waals surface area (Å²) >= 11 is 6.17. The van der Waals surface area contributed by atoms with Crippen LogP contribution in [0.3, 0.4) is 0 Å². The van der Waals surface area contributed by atoms with Gasteiger partial charge in [-0.05, 0) is 68.6 Å². The fraction of sp³-hybridized carbons (Fsp3) is 0.360. The molecule has 6 nitrogen and oxygen atoms in total. The van der Waals surface area contributed by atoms with E-state index in [4.69, 9.17) is 16.3 Å². The minimum Gasteiger partial charge on any atom is -0.449 e. The number of anilines is 1. The van der Waals surface area contributed by atoms with Gasteiger partial charge in [0, 0.05) is 29.7 Å².